The molecule has 1 aromatic heterocycles. The second-order valence-electron chi connectivity index (χ2n) is 6.95. The van der Waals surface area contributed by atoms with Gasteiger partial charge in [0.1, 0.15) is 24.7 Å². The lowest BCUT2D eigenvalue weighted by Crippen LogP contribution is -2.39. The molecule has 3 rings (SSSR count). The highest BCUT2D eigenvalue weighted by Crippen LogP contribution is 2.22. The molecule has 30 heavy (non-hydrogen) atoms. The summed E-state index contributed by atoms with van der Waals surface area (Å²) in [6, 6.07) is 9.99. The van der Waals surface area contributed by atoms with Crippen molar-refractivity contribution in [1.82, 2.24) is 15.6 Å². The van der Waals surface area contributed by atoms with Gasteiger partial charge in [-0.15, -0.1) is 24.0 Å². The van der Waals surface area contributed by atoms with Gasteiger partial charge in [0.2, 0.25) is 0 Å². The van der Waals surface area contributed by atoms with Gasteiger partial charge in [-0.3, -0.25) is 9.98 Å². The SMILES string of the molecule is CN=C(NCCOc1cccnc1)NCc1ccc(C)cc1OCC1CCCO1.I. The monoisotopic (exact) mass is 526 g/mol. The second-order valence-corrected chi connectivity index (χ2v) is 6.95. The number of aryl methyl sites for hydroxylation is 1. The quantitative estimate of drug-likeness (QED) is 0.226. The number of nitrogens with one attached hydrogen (secondary N) is 2. The Morgan fingerprint density at radius 3 is 2.90 bits per heavy atom. The van der Waals surface area contributed by atoms with Crippen molar-refractivity contribution < 1.29 is 14.2 Å². The average molecular weight is 526 g/mol. The fraction of sp³-hybridized carbons (Fsp3) is 0.455. The summed E-state index contributed by atoms with van der Waals surface area (Å²) in [4.78, 5) is 8.30. The number of nitrogens with zero attached hydrogens (tertiary/aromatic N) is 2. The summed E-state index contributed by atoms with van der Waals surface area (Å²) in [7, 11) is 1.75. The summed E-state index contributed by atoms with van der Waals surface area (Å²) in [5, 5.41) is 6.58. The lowest BCUT2D eigenvalue weighted by molar-refractivity contribution is 0.0676. The van der Waals surface area contributed by atoms with E-state index in [0.29, 0.717) is 32.3 Å². The first kappa shape index (κ1) is 24.2. The summed E-state index contributed by atoms with van der Waals surface area (Å²) >= 11 is 0. The zero-order chi connectivity index (χ0) is 20.3. The van der Waals surface area contributed by atoms with Gasteiger partial charge in [-0.25, -0.2) is 0 Å². The lowest BCUT2D eigenvalue weighted by Gasteiger charge is -2.17. The molecule has 0 bridgehead atoms. The van der Waals surface area contributed by atoms with E-state index >= 15 is 0 Å². The first-order chi connectivity index (χ1) is 14.2. The van der Waals surface area contributed by atoms with Crippen LogP contribution in [0.2, 0.25) is 0 Å². The Kier molecular flexibility index (Phi) is 10.7. The number of hydrogen-bond acceptors (Lipinski definition) is 5. The number of guanidine groups is 1. The molecule has 2 N–H and O–H groups in total. The summed E-state index contributed by atoms with van der Waals surface area (Å²) in [6.07, 6.45) is 5.80. The highest BCUT2D eigenvalue weighted by Gasteiger charge is 2.17. The predicted molar refractivity (Wildman–Crippen MR) is 129 cm³/mol. The number of ether oxygens (including phenoxy) is 3. The van der Waals surface area contributed by atoms with Crippen molar-refractivity contribution in [3.8, 4) is 11.5 Å². The second kappa shape index (κ2) is 13.3. The third kappa shape index (κ3) is 7.98. The van der Waals surface area contributed by atoms with E-state index in [1.807, 2.05) is 12.1 Å². The van der Waals surface area contributed by atoms with E-state index in [1.165, 1.54) is 5.56 Å². The Labute approximate surface area is 195 Å². The fourth-order valence-corrected chi connectivity index (χ4v) is 3.07. The first-order valence-electron chi connectivity index (χ1n) is 10.1. The molecule has 1 fully saturated rings. The van der Waals surface area contributed by atoms with Gasteiger partial charge in [0.15, 0.2) is 5.96 Å². The van der Waals surface area contributed by atoms with Crippen molar-refractivity contribution >= 4 is 29.9 Å². The van der Waals surface area contributed by atoms with Crippen LogP contribution in [0, 0.1) is 6.92 Å². The number of benzene rings is 1. The van der Waals surface area contributed by atoms with Gasteiger partial charge in [0, 0.05) is 32.0 Å². The molecule has 8 heteroatoms. The van der Waals surface area contributed by atoms with Gasteiger partial charge in [-0.1, -0.05) is 12.1 Å². The van der Waals surface area contributed by atoms with E-state index in [2.05, 4.69) is 45.7 Å². The molecule has 1 aliphatic heterocycles. The molecule has 0 saturated carbocycles. The molecular formula is C22H31IN4O3. The highest BCUT2D eigenvalue weighted by atomic mass is 127. The van der Waals surface area contributed by atoms with Crippen LogP contribution in [0.4, 0.5) is 0 Å². The largest absolute Gasteiger partial charge is 0.491 e. The summed E-state index contributed by atoms with van der Waals surface area (Å²) < 4.78 is 17.4. The maximum Gasteiger partial charge on any atom is 0.191 e. The summed E-state index contributed by atoms with van der Waals surface area (Å²) in [5.41, 5.74) is 2.26. The van der Waals surface area contributed by atoms with Crippen LogP contribution in [0.25, 0.3) is 0 Å². The van der Waals surface area contributed by atoms with Gasteiger partial charge in [0.05, 0.1) is 18.8 Å². The first-order valence-corrected chi connectivity index (χ1v) is 10.1. The van der Waals surface area contributed by atoms with Gasteiger partial charge in [0.25, 0.3) is 0 Å². The van der Waals surface area contributed by atoms with Crippen LogP contribution in [0.15, 0.2) is 47.7 Å². The van der Waals surface area contributed by atoms with Crippen LogP contribution in [0.5, 0.6) is 11.5 Å². The summed E-state index contributed by atoms with van der Waals surface area (Å²) in [5.74, 6) is 2.36. The average Bonchev–Trinajstić information content (AvgIpc) is 3.27. The maximum absolute atomic E-state index is 6.06. The van der Waals surface area contributed by atoms with Crippen molar-refractivity contribution in [1.29, 1.82) is 0 Å². The van der Waals surface area contributed by atoms with E-state index < -0.39 is 0 Å². The van der Waals surface area contributed by atoms with Crippen molar-refractivity contribution in [2.75, 3.05) is 33.4 Å². The minimum absolute atomic E-state index is 0. The number of aromatic nitrogens is 1. The zero-order valence-corrected chi connectivity index (χ0v) is 19.9. The molecule has 7 nitrogen and oxygen atoms in total. The molecule has 1 aliphatic rings. The Balaban J connectivity index is 0.00000320. The lowest BCUT2D eigenvalue weighted by atomic mass is 10.1. The number of hydrogen-bond donors (Lipinski definition) is 2. The molecule has 2 aromatic rings. The molecule has 2 heterocycles. The molecule has 1 unspecified atom stereocenters. The van der Waals surface area contributed by atoms with Crippen molar-refractivity contribution in [2.45, 2.75) is 32.4 Å². The summed E-state index contributed by atoms with van der Waals surface area (Å²) in [6.45, 7) is 5.26. The molecule has 0 radical (unpaired) electrons. The molecule has 1 saturated heterocycles. The third-order valence-electron chi connectivity index (χ3n) is 4.64. The highest BCUT2D eigenvalue weighted by molar-refractivity contribution is 14.0. The number of rotatable bonds is 9. The van der Waals surface area contributed by atoms with Crippen LogP contribution < -0.4 is 20.1 Å². The van der Waals surface area contributed by atoms with Gasteiger partial charge < -0.3 is 24.8 Å². The maximum atomic E-state index is 6.06. The molecule has 1 aromatic carbocycles. The van der Waals surface area contributed by atoms with Crippen LogP contribution in [-0.2, 0) is 11.3 Å². The van der Waals surface area contributed by atoms with E-state index in [-0.39, 0.29) is 30.1 Å². The minimum Gasteiger partial charge on any atom is -0.491 e. The van der Waals surface area contributed by atoms with E-state index in [1.54, 1.807) is 19.4 Å². The Morgan fingerprint density at radius 2 is 2.17 bits per heavy atom. The van der Waals surface area contributed by atoms with Crippen molar-refractivity contribution in [3.05, 3.63) is 53.9 Å². The van der Waals surface area contributed by atoms with Crippen molar-refractivity contribution in [2.24, 2.45) is 4.99 Å². The number of halogens is 1. The van der Waals surface area contributed by atoms with Crippen LogP contribution in [0.3, 0.4) is 0 Å². The normalized spacial score (nSPS) is 15.9. The third-order valence-corrected chi connectivity index (χ3v) is 4.64. The molecule has 0 amide bonds. The molecule has 1 atom stereocenters. The Morgan fingerprint density at radius 1 is 1.27 bits per heavy atom. The van der Waals surface area contributed by atoms with Crippen molar-refractivity contribution in [3.63, 3.8) is 0 Å². The minimum atomic E-state index is 0. The van der Waals surface area contributed by atoms with E-state index in [4.69, 9.17) is 14.2 Å². The van der Waals surface area contributed by atoms with Crippen LogP contribution in [-0.4, -0.2) is 50.5 Å². The standard InChI is InChI=1S/C22H30N4O3.HI/c1-17-7-8-18(21(13-17)29-16-20-6-4-11-27-20)14-26-22(23-2)25-10-12-28-19-5-3-9-24-15-19;/h3,5,7-9,13,15,20H,4,6,10-12,14,16H2,1-2H3,(H2,23,25,26);1H. The molecule has 0 aliphatic carbocycles. The predicted octanol–water partition coefficient (Wildman–Crippen LogP) is 3.31. The van der Waals surface area contributed by atoms with Crippen LogP contribution in [0.1, 0.15) is 24.0 Å². The van der Waals surface area contributed by atoms with Crippen LogP contribution >= 0.6 is 24.0 Å². The number of pyridine rings is 1. The fourth-order valence-electron chi connectivity index (χ4n) is 3.07. The van der Waals surface area contributed by atoms with E-state index in [9.17, 15) is 0 Å². The van der Waals surface area contributed by atoms with E-state index in [0.717, 1.165) is 36.5 Å². The Bertz CT molecular complexity index is 783. The van der Waals surface area contributed by atoms with Gasteiger partial charge in [-0.2, -0.15) is 0 Å². The zero-order valence-electron chi connectivity index (χ0n) is 17.6. The number of aliphatic imine (C=N–C) groups is 1. The molecular weight excluding hydrogens is 495 g/mol. The smallest absolute Gasteiger partial charge is 0.191 e. The molecule has 164 valence electrons. The molecule has 0 spiro atoms. The van der Waals surface area contributed by atoms with Gasteiger partial charge in [-0.05, 0) is 43.5 Å². The Hall–Kier alpha value is -2.07. The van der Waals surface area contributed by atoms with Gasteiger partial charge >= 0.3 is 0 Å². The topological polar surface area (TPSA) is 77.0 Å².